The average Bonchev–Trinajstić information content (AvgIpc) is 2.46. The first-order chi connectivity index (χ1) is 9.99. The average molecular weight is 290 g/mol. The Hall–Kier alpha value is -2.01. The number of carbonyl (C=O) groups excluding carboxylic acids is 1. The Morgan fingerprint density at radius 3 is 2.62 bits per heavy atom. The molecule has 1 aromatic carbocycles. The van der Waals surface area contributed by atoms with Gasteiger partial charge in [0.2, 0.25) is 5.91 Å². The number of primary amides is 1. The van der Waals surface area contributed by atoms with Crippen molar-refractivity contribution in [2.75, 3.05) is 31.2 Å². The number of nitrogens with zero attached hydrogens (tertiary/aromatic N) is 1. The maximum Gasteiger partial charge on any atom is 0.248 e. The van der Waals surface area contributed by atoms with Gasteiger partial charge in [-0.3, -0.25) is 4.79 Å². The lowest BCUT2D eigenvalue weighted by Crippen LogP contribution is -2.37. The molecule has 1 heterocycles. The molecule has 0 saturated carbocycles. The Kier molecular flexibility index (Phi) is 4.85. The molecule has 0 aliphatic carbocycles. The highest BCUT2D eigenvalue weighted by Gasteiger charge is 2.19. The van der Waals surface area contributed by atoms with Crippen LogP contribution in [0.4, 0.5) is 5.69 Å². The monoisotopic (exact) mass is 290 g/mol. The molecule has 1 aliphatic rings. The quantitative estimate of drug-likeness (QED) is 0.840. The fraction of sp³-hybridized carbons (Fsp3) is 0.438. The molecule has 0 spiro atoms. The standard InChI is InChI=1S/C16H22N2O3/c1-11(2)21-13-4-5-14(12(3)16(17)19)15(10-13)18-6-8-20-9-7-18/h4-5,10-11H,3,6-9H2,1-2H3,(H2,17,19). The van der Waals surface area contributed by atoms with Crippen molar-refractivity contribution in [1.82, 2.24) is 0 Å². The van der Waals surface area contributed by atoms with Crippen molar-refractivity contribution in [2.45, 2.75) is 20.0 Å². The summed E-state index contributed by atoms with van der Waals surface area (Å²) in [5.74, 6) is 0.259. The number of morpholine rings is 1. The summed E-state index contributed by atoms with van der Waals surface area (Å²) >= 11 is 0. The highest BCUT2D eigenvalue weighted by atomic mass is 16.5. The summed E-state index contributed by atoms with van der Waals surface area (Å²) in [6.07, 6.45) is 0.0905. The number of nitrogens with two attached hydrogens (primary N) is 1. The molecule has 1 saturated heterocycles. The van der Waals surface area contributed by atoms with Crippen LogP contribution in [0, 0.1) is 0 Å². The van der Waals surface area contributed by atoms with Crippen LogP contribution < -0.4 is 15.4 Å². The van der Waals surface area contributed by atoms with Gasteiger partial charge in [0.25, 0.3) is 0 Å². The van der Waals surface area contributed by atoms with Gasteiger partial charge in [-0.05, 0) is 26.0 Å². The minimum Gasteiger partial charge on any atom is -0.491 e. The van der Waals surface area contributed by atoms with E-state index in [4.69, 9.17) is 15.2 Å². The van der Waals surface area contributed by atoms with E-state index in [1.54, 1.807) is 0 Å². The number of carbonyl (C=O) groups is 1. The van der Waals surface area contributed by atoms with E-state index in [0.29, 0.717) is 18.8 Å². The van der Waals surface area contributed by atoms with Crippen molar-refractivity contribution >= 4 is 17.2 Å². The van der Waals surface area contributed by atoms with E-state index in [9.17, 15) is 4.79 Å². The maximum absolute atomic E-state index is 11.4. The van der Waals surface area contributed by atoms with E-state index < -0.39 is 5.91 Å². The van der Waals surface area contributed by atoms with Crippen LogP contribution in [0.2, 0.25) is 0 Å². The lowest BCUT2D eigenvalue weighted by molar-refractivity contribution is -0.112. The van der Waals surface area contributed by atoms with Gasteiger partial charge in [-0.25, -0.2) is 0 Å². The van der Waals surface area contributed by atoms with E-state index in [1.165, 1.54) is 0 Å². The molecule has 1 amide bonds. The second-order valence-electron chi connectivity index (χ2n) is 5.29. The lowest BCUT2D eigenvalue weighted by atomic mass is 10.0. The van der Waals surface area contributed by atoms with Gasteiger partial charge < -0.3 is 20.1 Å². The van der Waals surface area contributed by atoms with Crippen LogP contribution >= 0.6 is 0 Å². The van der Waals surface area contributed by atoms with Crippen LogP contribution in [0.1, 0.15) is 19.4 Å². The van der Waals surface area contributed by atoms with Gasteiger partial charge in [-0.15, -0.1) is 0 Å². The predicted molar refractivity (Wildman–Crippen MR) is 83.5 cm³/mol. The van der Waals surface area contributed by atoms with E-state index in [1.807, 2.05) is 32.0 Å². The minimum atomic E-state index is -0.512. The van der Waals surface area contributed by atoms with Crippen LogP contribution in [0.25, 0.3) is 5.57 Å². The summed E-state index contributed by atoms with van der Waals surface area (Å²) in [5.41, 5.74) is 7.35. The molecule has 0 radical (unpaired) electrons. The molecule has 0 unspecified atom stereocenters. The minimum absolute atomic E-state index is 0.0905. The van der Waals surface area contributed by atoms with Crippen LogP contribution in [0.15, 0.2) is 24.8 Å². The SMILES string of the molecule is C=C(C(N)=O)c1ccc(OC(C)C)cc1N1CCOCC1. The summed E-state index contributed by atoms with van der Waals surface area (Å²) in [6, 6.07) is 5.62. The number of hydrogen-bond donors (Lipinski definition) is 1. The maximum atomic E-state index is 11.4. The Morgan fingerprint density at radius 2 is 2.05 bits per heavy atom. The highest BCUT2D eigenvalue weighted by Crippen LogP contribution is 2.31. The number of hydrogen-bond acceptors (Lipinski definition) is 4. The highest BCUT2D eigenvalue weighted by molar-refractivity contribution is 6.19. The molecular weight excluding hydrogens is 268 g/mol. The van der Waals surface area contributed by atoms with Crippen molar-refractivity contribution in [1.29, 1.82) is 0 Å². The van der Waals surface area contributed by atoms with Crippen molar-refractivity contribution in [3.8, 4) is 5.75 Å². The molecule has 0 aromatic heterocycles. The first kappa shape index (κ1) is 15.4. The van der Waals surface area contributed by atoms with Gasteiger partial charge in [-0.2, -0.15) is 0 Å². The van der Waals surface area contributed by atoms with Gasteiger partial charge in [-0.1, -0.05) is 6.58 Å². The zero-order valence-electron chi connectivity index (χ0n) is 12.6. The largest absolute Gasteiger partial charge is 0.491 e. The van der Waals surface area contributed by atoms with Crippen LogP contribution in [0.3, 0.4) is 0 Å². The van der Waals surface area contributed by atoms with Crippen LogP contribution in [-0.2, 0) is 9.53 Å². The summed E-state index contributed by atoms with van der Waals surface area (Å²) in [6.45, 7) is 10.6. The van der Waals surface area contributed by atoms with Gasteiger partial charge >= 0.3 is 0 Å². The molecule has 1 aliphatic heterocycles. The second-order valence-corrected chi connectivity index (χ2v) is 5.29. The van der Waals surface area contributed by atoms with Gasteiger partial charge in [0, 0.05) is 36.0 Å². The predicted octanol–water partition coefficient (Wildman–Crippen LogP) is 1.81. The van der Waals surface area contributed by atoms with E-state index in [-0.39, 0.29) is 6.10 Å². The Labute approximate surface area is 125 Å². The zero-order chi connectivity index (χ0) is 15.4. The molecule has 2 N–H and O–H groups in total. The molecule has 5 nitrogen and oxygen atoms in total. The van der Waals surface area contributed by atoms with Crippen LogP contribution in [0.5, 0.6) is 5.75 Å². The normalized spacial score (nSPS) is 15.1. The molecule has 0 bridgehead atoms. The number of benzene rings is 1. The smallest absolute Gasteiger partial charge is 0.248 e. The fourth-order valence-corrected chi connectivity index (χ4v) is 2.31. The molecule has 0 atom stereocenters. The first-order valence-electron chi connectivity index (χ1n) is 7.11. The van der Waals surface area contributed by atoms with Crippen LogP contribution in [-0.4, -0.2) is 38.3 Å². The lowest BCUT2D eigenvalue weighted by Gasteiger charge is -2.31. The van der Waals surface area contributed by atoms with Crippen molar-refractivity contribution in [2.24, 2.45) is 5.73 Å². The summed E-state index contributed by atoms with van der Waals surface area (Å²) < 4.78 is 11.1. The molecule has 1 aromatic rings. The van der Waals surface area contributed by atoms with Crippen molar-refractivity contribution < 1.29 is 14.3 Å². The number of amides is 1. The third-order valence-electron chi connectivity index (χ3n) is 3.32. The zero-order valence-corrected chi connectivity index (χ0v) is 12.6. The Bertz CT molecular complexity index is 534. The fourth-order valence-electron chi connectivity index (χ4n) is 2.31. The Morgan fingerprint density at radius 1 is 1.38 bits per heavy atom. The van der Waals surface area contributed by atoms with Gasteiger partial charge in [0.15, 0.2) is 0 Å². The number of anilines is 1. The topological polar surface area (TPSA) is 64.8 Å². The summed E-state index contributed by atoms with van der Waals surface area (Å²) in [5, 5.41) is 0. The molecule has 21 heavy (non-hydrogen) atoms. The number of rotatable bonds is 5. The van der Waals surface area contributed by atoms with Gasteiger partial charge in [0.05, 0.1) is 19.3 Å². The second kappa shape index (κ2) is 6.63. The van der Waals surface area contributed by atoms with Gasteiger partial charge in [0.1, 0.15) is 5.75 Å². The molecule has 5 heteroatoms. The summed E-state index contributed by atoms with van der Waals surface area (Å²) in [7, 11) is 0. The molecule has 1 fully saturated rings. The van der Waals surface area contributed by atoms with Crippen molar-refractivity contribution in [3.05, 3.63) is 30.3 Å². The van der Waals surface area contributed by atoms with Crippen molar-refractivity contribution in [3.63, 3.8) is 0 Å². The third-order valence-corrected chi connectivity index (χ3v) is 3.32. The molecular formula is C16H22N2O3. The van der Waals surface area contributed by atoms with E-state index >= 15 is 0 Å². The molecule has 2 rings (SSSR count). The Balaban J connectivity index is 2.38. The summed E-state index contributed by atoms with van der Waals surface area (Å²) in [4.78, 5) is 13.6. The van der Waals surface area contributed by atoms with E-state index in [0.717, 1.165) is 30.1 Å². The molecule has 114 valence electrons. The third kappa shape index (κ3) is 3.76. The first-order valence-corrected chi connectivity index (χ1v) is 7.11. The number of ether oxygens (including phenoxy) is 2. The van der Waals surface area contributed by atoms with E-state index in [2.05, 4.69) is 11.5 Å².